The van der Waals surface area contributed by atoms with Crippen LogP contribution in [0.25, 0.3) is 0 Å². The lowest BCUT2D eigenvalue weighted by atomic mass is 10.2. The number of likely N-dealkylation sites (N-methyl/N-ethyl adjacent to an activating group) is 1. The number of amides is 1. The van der Waals surface area contributed by atoms with Crippen molar-refractivity contribution in [1.29, 1.82) is 0 Å². The van der Waals surface area contributed by atoms with Crippen molar-refractivity contribution in [2.45, 2.75) is 6.92 Å². The summed E-state index contributed by atoms with van der Waals surface area (Å²) >= 11 is 0. The number of carbonyl (C=O) groups is 2. The van der Waals surface area contributed by atoms with E-state index in [0.717, 1.165) is 12.1 Å². The molecule has 0 radical (unpaired) electrons. The zero-order valence-corrected chi connectivity index (χ0v) is 11.2. The van der Waals surface area contributed by atoms with Crippen molar-refractivity contribution >= 4 is 17.6 Å². The molecule has 0 bridgehead atoms. The van der Waals surface area contributed by atoms with Crippen LogP contribution in [0.3, 0.4) is 0 Å². The van der Waals surface area contributed by atoms with E-state index in [1.165, 1.54) is 17.9 Å². The molecule has 1 amide bonds. The monoisotopic (exact) mass is 286 g/mol. The summed E-state index contributed by atoms with van der Waals surface area (Å²) in [6, 6.07) is 3.27. The zero-order chi connectivity index (χ0) is 15.3. The minimum Gasteiger partial charge on any atom is -0.481 e. The SMILES string of the molecule is CC(CN(C)CC(=O)Nc1c(F)cccc1F)C(=O)O. The molecule has 1 aromatic rings. The summed E-state index contributed by atoms with van der Waals surface area (Å²) in [5.41, 5.74) is -0.503. The Morgan fingerprint density at radius 3 is 2.40 bits per heavy atom. The Balaban J connectivity index is 2.58. The minimum absolute atomic E-state index is 0.155. The van der Waals surface area contributed by atoms with Crippen LogP contribution in [0.4, 0.5) is 14.5 Å². The lowest BCUT2D eigenvalue weighted by Gasteiger charge is -2.18. The van der Waals surface area contributed by atoms with E-state index in [2.05, 4.69) is 5.32 Å². The Kier molecular flexibility index (Phi) is 5.57. The smallest absolute Gasteiger partial charge is 0.307 e. The van der Waals surface area contributed by atoms with Crippen LogP contribution >= 0.6 is 0 Å². The summed E-state index contributed by atoms with van der Waals surface area (Å²) in [5.74, 6) is -3.95. The van der Waals surface area contributed by atoms with Crippen molar-refractivity contribution < 1.29 is 23.5 Å². The second-order valence-corrected chi connectivity index (χ2v) is 4.58. The standard InChI is InChI=1S/C13H16F2N2O3/c1-8(13(19)20)6-17(2)7-11(18)16-12-9(14)4-3-5-10(12)15/h3-5,8H,6-7H2,1-2H3,(H,16,18)(H,19,20). The van der Waals surface area contributed by atoms with Crippen LogP contribution in [0.5, 0.6) is 0 Å². The van der Waals surface area contributed by atoms with Gasteiger partial charge in [0.05, 0.1) is 12.5 Å². The third kappa shape index (κ3) is 4.58. The summed E-state index contributed by atoms with van der Waals surface area (Å²) < 4.78 is 26.6. The molecule has 1 atom stereocenters. The molecule has 0 saturated carbocycles. The molecule has 110 valence electrons. The molecule has 7 heteroatoms. The van der Waals surface area contributed by atoms with Gasteiger partial charge in [0, 0.05) is 6.54 Å². The summed E-state index contributed by atoms with van der Waals surface area (Å²) in [6.45, 7) is 1.50. The maximum absolute atomic E-state index is 13.3. The topological polar surface area (TPSA) is 69.6 Å². The predicted molar refractivity (Wildman–Crippen MR) is 69.3 cm³/mol. The molecular weight excluding hydrogens is 270 g/mol. The second kappa shape index (κ2) is 6.95. The van der Waals surface area contributed by atoms with E-state index in [-0.39, 0.29) is 13.1 Å². The summed E-state index contributed by atoms with van der Waals surface area (Å²) in [4.78, 5) is 23.8. The van der Waals surface area contributed by atoms with E-state index < -0.39 is 35.1 Å². The van der Waals surface area contributed by atoms with Crippen molar-refractivity contribution in [3.63, 3.8) is 0 Å². The van der Waals surface area contributed by atoms with Crippen LogP contribution in [-0.4, -0.2) is 42.0 Å². The third-order valence-corrected chi connectivity index (χ3v) is 2.65. The van der Waals surface area contributed by atoms with Gasteiger partial charge >= 0.3 is 5.97 Å². The van der Waals surface area contributed by atoms with Gasteiger partial charge in [-0.2, -0.15) is 0 Å². The van der Waals surface area contributed by atoms with E-state index >= 15 is 0 Å². The number of nitrogens with one attached hydrogen (secondary N) is 1. The number of carbonyl (C=O) groups excluding carboxylic acids is 1. The van der Waals surface area contributed by atoms with E-state index in [4.69, 9.17) is 5.11 Å². The number of halogens is 2. The van der Waals surface area contributed by atoms with Crippen molar-refractivity contribution in [2.75, 3.05) is 25.5 Å². The van der Waals surface area contributed by atoms with Crippen LogP contribution in [0, 0.1) is 17.6 Å². The largest absolute Gasteiger partial charge is 0.481 e. The molecule has 1 rings (SSSR count). The van der Waals surface area contributed by atoms with E-state index in [1.54, 1.807) is 7.05 Å². The molecule has 0 aromatic heterocycles. The molecule has 0 heterocycles. The Morgan fingerprint density at radius 2 is 1.90 bits per heavy atom. The van der Waals surface area contributed by atoms with Gasteiger partial charge in [0.1, 0.15) is 17.3 Å². The minimum atomic E-state index is -0.975. The van der Waals surface area contributed by atoms with Crippen molar-refractivity contribution in [3.8, 4) is 0 Å². The first-order valence-corrected chi connectivity index (χ1v) is 5.96. The van der Waals surface area contributed by atoms with Gasteiger partial charge in [0.15, 0.2) is 0 Å². The molecule has 5 nitrogen and oxygen atoms in total. The molecule has 0 aliphatic carbocycles. The maximum atomic E-state index is 13.3. The molecule has 1 unspecified atom stereocenters. The summed E-state index contributed by atoms with van der Waals surface area (Å²) in [5, 5.41) is 10.9. The van der Waals surface area contributed by atoms with Gasteiger partial charge in [0.25, 0.3) is 0 Å². The lowest BCUT2D eigenvalue weighted by Crippen LogP contribution is -2.35. The van der Waals surface area contributed by atoms with E-state index in [1.807, 2.05) is 0 Å². The molecule has 0 aliphatic heterocycles. The predicted octanol–water partition coefficient (Wildman–Crippen LogP) is 1.56. The number of hydrogen-bond acceptors (Lipinski definition) is 3. The van der Waals surface area contributed by atoms with E-state index in [0.29, 0.717) is 0 Å². The molecule has 20 heavy (non-hydrogen) atoms. The number of rotatable bonds is 6. The molecule has 0 saturated heterocycles. The number of hydrogen-bond donors (Lipinski definition) is 2. The highest BCUT2D eigenvalue weighted by atomic mass is 19.1. The average molecular weight is 286 g/mol. The van der Waals surface area contributed by atoms with Crippen molar-refractivity contribution in [2.24, 2.45) is 5.92 Å². The van der Waals surface area contributed by atoms with Crippen LogP contribution in [0.15, 0.2) is 18.2 Å². The number of para-hydroxylation sites is 1. The first kappa shape index (κ1) is 16.0. The number of carboxylic acids is 1. The van der Waals surface area contributed by atoms with E-state index in [9.17, 15) is 18.4 Å². The van der Waals surface area contributed by atoms with Crippen LogP contribution in [0.2, 0.25) is 0 Å². The molecular formula is C13H16F2N2O3. The molecule has 2 N–H and O–H groups in total. The van der Waals surface area contributed by atoms with Crippen LogP contribution in [0.1, 0.15) is 6.92 Å². The lowest BCUT2D eigenvalue weighted by molar-refractivity contribution is -0.141. The normalized spacial score (nSPS) is 12.2. The number of anilines is 1. The number of carboxylic acid groups (broad SMARTS) is 1. The van der Waals surface area contributed by atoms with Gasteiger partial charge in [0.2, 0.25) is 5.91 Å². The summed E-state index contributed by atoms with van der Waals surface area (Å²) in [7, 11) is 1.55. The highest BCUT2D eigenvalue weighted by Crippen LogP contribution is 2.17. The Hall–Kier alpha value is -2.02. The van der Waals surface area contributed by atoms with Gasteiger partial charge in [-0.25, -0.2) is 8.78 Å². The average Bonchev–Trinajstić information content (AvgIpc) is 2.33. The quantitative estimate of drug-likeness (QED) is 0.832. The van der Waals surface area contributed by atoms with Crippen LogP contribution in [-0.2, 0) is 9.59 Å². The Bertz CT molecular complexity index is 488. The molecule has 0 fully saturated rings. The third-order valence-electron chi connectivity index (χ3n) is 2.65. The number of aliphatic carboxylic acids is 1. The van der Waals surface area contributed by atoms with Gasteiger partial charge < -0.3 is 10.4 Å². The van der Waals surface area contributed by atoms with Gasteiger partial charge in [-0.3, -0.25) is 14.5 Å². The highest BCUT2D eigenvalue weighted by Gasteiger charge is 2.17. The maximum Gasteiger partial charge on any atom is 0.307 e. The van der Waals surface area contributed by atoms with Crippen LogP contribution < -0.4 is 5.32 Å². The molecule has 0 spiro atoms. The van der Waals surface area contributed by atoms with Gasteiger partial charge in [-0.1, -0.05) is 13.0 Å². The van der Waals surface area contributed by atoms with Crippen molar-refractivity contribution in [1.82, 2.24) is 4.90 Å². The fourth-order valence-electron chi connectivity index (χ4n) is 1.65. The highest BCUT2D eigenvalue weighted by molar-refractivity contribution is 5.92. The molecule has 1 aromatic carbocycles. The fourth-order valence-corrected chi connectivity index (χ4v) is 1.65. The zero-order valence-electron chi connectivity index (χ0n) is 11.2. The Labute approximate surface area is 115 Å². The number of benzene rings is 1. The molecule has 0 aliphatic rings. The van der Waals surface area contributed by atoms with Gasteiger partial charge in [-0.05, 0) is 19.2 Å². The fraction of sp³-hybridized carbons (Fsp3) is 0.385. The first-order chi connectivity index (χ1) is 9.31. The Morgan fingerprint density at radius 1 is 1.35 bits per heavy atom. The van der Waals surface area contributed by atoms with Gasteiger partial charge in [-0.15, -0.1) is 0 Å². The van der Waals surface area contributed by atoms with Crippen molar-refractivity contribution in [3.05, 3.63) is 29.8 Å². The second-order valence-electron chi connectivity index (χ2n) is 4.58. The first-order valence-electron chi connectivity index (χ1n) is 5.96. The number of nitrogens with zero attached hydrogens (tertiary/aromatic N) is 1. The summed E-state index contributed by atoms with van der Waals surface area (Å²) in [6.07, 6.45) is 0.